The molecule has 0 unspecified atom stereocenters. The number of esters is 3. The minimum absolute atomic E-state index is 0.169. The van der Waals surface area contributed by atoms with Crippen molar-refractivity contribution in [2.45, 2.75) is 89.8 Å². The van der Waals surface area contributed by atoms with Crippen LogP contribution in [0.15, 0.2) is 34.4 Å². The normalized spacial score (nSPS) is 29.5. The lowest BCUT2D eigenvalue weighted by Gasteiger charge is -2.22. The van der Waals surface area contributed by atoms with E-state index in [1.165, 1.54) is 19.9 Å². The molecule has 10 nitrogen and oxygen atoms in total. The Morgan fingerprint density at radius 3 is 2.56 bits per heavy atom. The van der Waals surface area contributed by atoms with E-state index >= 15 is 0 Å². The number of allylic oxidation sites excluding steroid dienone is 3. The Hall–Kier alpha value is -2.69. The minimum atomic E-state index is -1.09. The lowest BCUT2D eigenvalue weighted by molar-refractivity contribution is -0.157. The predicted octanol–water partition coefficient (Wildman–Crippen LogP) is 2.96. The number of halogens is 1. The van der Waals surface area contributed by atoms with Gasteiger partial charge in [-0.25, -0.2) is 0 Å². The van der Waals surface area contributed by atoms with Gasteiger partial charge in [0, 0.05) is 30.9 Å². The third-order valence-electron chi connectivity index (χ3n) is 5.68. The van der Waals surface area contributed by atoms with E-state index in [2.05, 4.69) is 0 Å². The number of rotatable bonds is 7. The fourth-order valence-corrected chi connectivity index (χ4v) is 4.25. The molecular weight excluding hydrogens is 496 g/mol. The summed E-state index contributed by atoms with van der Waals surface area (Å²) in [6, 6.07) is 0. The van der Waals surface area contributed by atoms with Crippen LogP contribution in [0.5, 0.6) is 0 Å². The summed E-state index contributed by atoms with van der Waals surface area (Å²) in [6.07, 6.45) is 1.68. The van der Waals surface area contributed by atoms with Crippen LogP contribution in [0.25, 0.3) is 0 Å². The molecule has 36 heavy (non-hydrogen) atoms. The van der Waals surface area contributed by atoms with E-state index in [0.717, 1.165) is 0 Å². The molecule has 0 bridgehead atoms. The zero-order chi connectivity index (χ0) is 26.8. The van der Waals surface area contributed by atoms with Gasteiger partial charge in [-0.2, -0.15) is 0 Å². The Labute approximate surface area is 214 Å². The van der Waals surface area contributed by atoms with Crippen LogP contribution in [-0.2, 0) is 38.1 Å². The van der Waals surface area contributed by atoms with Gasteiger partial charge in [-0.3, -0.25) is 19.2 Å². The first-order chi connectivity index (χ1) is 16.9. The largest absolute Gasteiger partial charge is 0.481 e. The van der Waals surface area contributed by atoms with Crippen molar-refractivity contribution in [2.24, 2.45) is 0 Å². The molecular formula is C25H33ClO10. The minimum Gasteiger partial charge on any atom is -0.481 e. The van der Waals surface area contributed by atoms with E-state index in [1.54, 1.807) is 19.1 Å². The monoisotopic (exact) mass is 528 g/mol. The van der Waals surface area contributed by atoms with E-state index in [1.807, 2.05) is 0 Å². The number of carbonyl (C=O) groups excluding carboxylic acids is 3. The summed E-state index contributed by atoms with van der Waals surface area (Å²) >= 11 is 6.37. The van der Waals surface area contributed by atoms with Gasteiger partial charge in [0.1, 0.15) is 18.8 Å². The number of aliphatic hydroxyl groups excluding tert-OH is 1. The molecule has 0 saturated carbocycles. The number of hydrogen-bond donors (Lipinski definition) is 2. The smallest absolute Gasteiger partial charge is 0.310 e. The third-order valence-corrected chi connectivity index (χ3v) is 6.02. The molecule has 0 aromatic heterocycles. The number of ether oxygens (including phenoxy) is 4. The van der Waals surface area contributed by atoms with Crippen LogP contribution in [0.4, 0.5) is 0 Å². The number of fused-ring (bicyclic) bond motifs is 1. The summed E-state index contributed by atoms with van der Waals surface area (Å²) < 4.78 is 22.1. The molecule has 200 valence electrons. The van der Waals surface area contributed by atoms with Crippen LogP contribution in [-0.4, -0.2) is 71.2 Å². The Morgan fingerprint density at radius 1 is 1.19 bits per heavy atom. The molecule has 1 saturated heterocycles. The van der Waals surface area contributed by atoms with E-state index in [-0.39, 0.29) is 25.9 Å². The Bertz CT molecular complexity index is 922. The molecule has 0 radical (unpaired) electrons. The highest BCUT2D eigenvalue weighted by molar-refractivity contribution is 6.29. The highest BCUT2D eigenvalue weighted by Crippen LogP contribution is 2.32. The average Bonchev–Trinajstić information content (AvgIpc) is 3.15. The first kappa shape index (κ1) is 29.5. The van der Waals surface area contributed by atoms with Crippen molar-refractivity contribution in [1.29, 1.82) is 0 Å². The Balaban J connectivity index is 2.24. The predicted molar refractivity (Wildman–Crippen MR) is 128 cm³/mol. The van der Waals surface area contributed by atoms with Gasteiger partial charge in [0.2, 0.25) is 0 Å². The molecule has 2 heterocycles. The number of hydrogen-bond acceptors (Lipinski definition) is 9. The van der Waals surface area contributed by atoms with Crippen LogP contribution in [0.2, 0.25) is 0 Å². The standard InChI is InChI=1S/C25H33ClO10/c1-14(10-24(30)31)9-19(29)22-11-23-20(35-22)8-7-18(26)6-4-5-17(13-33-15(2)27)21(34-16(3)28)12-25(32)36-23/h5-6,9,19-23,29H,4,7-8,10-13H2,1-3H3,(H,30,31)/b14-9+,17-5-,18-6-/t19-,20-,21-,22+,23+/m1/s1. The second-order valence-corrected chi connectivity index (χ2v) is 9.32. The van der Waals surface area contributed by atoms with Crippen molar-refractivity contribution < 1.29 is 48.3 Å². The van der Waals surface area contributed by atoms with Crippen molar-refractivity contribution in [3.05, 3.63) is 34.4 Å². The van der Waals surface area contributed by atoms with E-state index in [0.29, 0.717) is 35.4 Å². The SMILES string of the molecule is CC(=O)OC/C1=C/C/C=C(\Cl)CC[C@H]2O[C@H]([C@H](O)/C=C(\C)CC(=O)O)C[C@@H]2OC(=O)C[C@H]1OC(C)=O. The molecule has 0 aromatic carbocycles. The number of carboxylic acid groups (broad SMARTS) is 1. The van der Waals surface area contributed by atoms with Crippen molar-refractivity contribution in [3.8, 4) is 0 Å². The van der Waals surface area contributed by atoms with Gasteiger partial charge in [0.25, 0.3) is 0 Å². The second-order valence-electron chi connectivity index (χ2n) is 8.84. The van der Waals surface area contributed by atoms with Gasteiger partial charge in [-0.05, 0) is 26.2 Å². The number of aliphatic hydroxyl groups is 1. The van der Waals surface area contributed by atoms with Gasteiger partial charge in [0.05, 0.1) is 31.2 Å². The van der Waals surface area contributed by atoms with E-state index in [9.17, 15) is 24.3 Å². The molecule has 2 aliphatic rings. The molecule has 1 fully saturated rings. The quantitative estimate of drug-likeness (QED) is 0.287. The van der Waals surface area contributed by atoms with Crippen LogP contribution in [0, 0.1) is 0 Å². The average molecular weight is 529 g/mol. The van der Waals surface area contributed by atoms with Gasteiger partial charge < -0.3 is 29.2 Å². The summed E-state index contributed by atoms with van der Waals surface area (Å²) in [5, 5.41) is 20.0. The van der Waals surface area contributed by atoms with Gasteiger partial charge >= 0.3 is 23.9 Å². The van der Waals surface area contributed by atoms with Gasteiger partial charge in [-0.15, -0.1) is 0 Å². The van der Waals surface area contributed by atoms with Crippen LogP contribution >= 0.6 is 11.6 Å². The highest BCUT2D eigenvalue weighted by atomic mass is 35.5. The lowest BCUT2D eigenvalue weighted by Crippen LogP contribution is -2.31. The van der Waals surface area contributed by atoms with Crippen LogP contribution in [0.1, 0.15) is 59.3 Å². The second kappa shape index (κ2) is 14.2. The lowest BCUT2D eigenvalue weighted by atomic mass is 10.0. The first-order valence-electron chi connectivity index (χ1n) is 11.7. The maximum atomic E-state index is 12.9. The molecule has 2 rings (SSSR count). The Morgan fingerprint density at radius 2 is 1.92 bits per heavy atom. The molecule has 2 N–H and O–H groups in total. The number of carboxylic acids is 1. The number of aliphatic carboxylic acids is 1. The summed E-state index contributed by atoms with van der Waals surface area (Å²) in [4.78, 5) is 46.8. The molecule has 0 spiro atoms. The summed E-state index contributed by atoms with van der Waals surface area (Å²) in [6.45, 7) is 3.88. The topological polar surface area (TPSA) is 146 Å². The van der Waals surface area contributed by atoms with Crippen LogP contribution in [0.3, 0.4) is 0 Å². The maximum absolute atomic E-state index is 12.9. The van der Waals surface area contributed by atoms with Crippen molar-refractivity contribution in [1.82, 2.24) is 0 Å². The van der Waals surface area contributed by atoms with E-state index < -0.39 is 54.4 Å². The van der Waals surface area contributed by atoms with Crippen LogP contribution < -0.4 is 0 Å². The maximum Gasteiger partial charge on any atom is 0.310 e. The van der Waals surface area contributed by atoms with Crippen molar-refractivity contribution in [3.63, 3.8) is 0 Å². The fraction of sp³-hybridized carbons (Fsp3) is 0.600. The molecule has 0 aliphatic carbocycles. The summed E-state index contributed by atoms with van der Waals surface area (Å²) in [5.41, 5.74) is 0.893. The number of carbonyl (C=O) groups is 4. The van der Waals surface area contributed by atoms with Crippen molar-refractivity contribution in [2.75, 3.05) is 6.61 Å². The molecule has 5 atom stereocenters. The van der Waals surface area contributed by atoms with E-state index in [4.69, 9.17) is 35.7 Å². The summed E-state index contributed by atoms with van der Waals surface area (Å²) in [7, 11) is 0. The summed E-state index contributed by atoms with van der Waals surface area (Å²) in [5.74, 6) is -2.81. The third kappa shape index (κ3) is 10.1. The molecule has 2 aliphatic heterocycles. The zero-order valence-electron chi connectivity index (χ0n) is 20.6. The fourth-order valence-electron chi connectivity index (χ4n) is 4.05. The molecule has 0 amide bonds. The van der Waals surface area contributed by atoms with Gasteiger partial charge in [0.15, 0.2) is 0 Å². The van der Waals surface area contributed by atoms with Crippen molar-refractivity contribution >= 4 is 35.5 Å². The first-order valence-corrected chi connectivity index (χ1v) is 12.1. The highest BCUT2D eigenvalue weighted by Gasteiger charge is 2.41. The molecule has 0 aromatic rings. The zero-order valence-corrected chi connectivity index (χ0v) is 21.4. The van der Waals surface area contributed by atoms with Gasteiger partial charge in [-0.1, -0.05) is 35.4 Å². The molecule has 11 heteroatoms. The Kier molecular flexibility index (Phi) is 11.6.